The molecular formula is C30H43ClN2O7. The molecule has 1 fully saturated rings. The number of amides is 2. The van der Waals surface area contributed by atoms with Gasteiger partial charge in [-0.15, -0.1) is 11.6 Å². The number of hydrogen-bond acceptors (Lipinski definition) is 6. The number of carbonyl (C=O) groups excluding carboxylic acids is 3. The van der Waals surface area contributed by atoms with Crippen molar-refractivity contribution in [2.24, 2.45) is 23.7 Å². The standard InChI is InChI=1S/C30H43ClN2O7/c1-19(2)15-25(29(36)37)40-30(38)21(4)17-32-27(35)18-33-26(34)8-6-5-7-20(3)24-13-14-39-28(24)23-11-9-22(16-31)10-12-23/h6,8-12,19-21,24-25,28H,5,7,13-18H2,1-4H3,(H,32,35)(H,33,34)(H,36,37). The smallest absolute Gasteiger partial charge is 0.345 e. The Hall–Kier alpha value is -2.91. The average Bonchev–Trinajstić information content (AvgIpc) is 3.42. The molecule has 3 N–H and O–H groups in total. The summed E-state index contributed by atoms with van der Waals surface area (Å²) in [5.74, 6) is -2.13. The number of benzene rings is 1. The summed E-state index contributed by atoms with van der Waals surface area (Å²) < 4.78 is 11.1. The molecule has 10 heteroatoms. The number of carboxylic acid groups (broad SMARTS) is 1. The molecule has 0 bridgehead atoms. The zero-order valence-electron chi connectivity index (χ0n) is 23.9. The van der Waals surface area contributed by atoms with E-state index >= 15 is 0 Å². The van der Waals surface area contributed by atoms with E-state index in [9.17, 15) is 24.3 Å². The maximum absolute atomic E-state index is 12.2. The minimum atomic E-state index is -1.22. The van der Waals surface area contributed by atoms with Crippen LogP contribution < -0.4 is 10.6 Å². The summed E-state index contributed by atoms with van der Waals surface area (Å²) in [6.07, 6.45) is 4.90. The van der Waals surface area contributed by atoms with E-state index in [2.05, 4.69) is 29.7 Å². The van der Waals surface area contributed by atoms with Crippen LogP contribution >= 0.6 is 11.6 Å². The molecule has 9 nitrogen and oxygen atoms in total. The third-order valence-electron chi connectivity index (χ3n) is 7.04. The van der Waals surface area contributed by atoms with Crippen molar-refractivity contribution in [2.75, 3.05) is 19.7 Å². The summed E-state index contributed by atoms with van der Waals surface area (Å²) in [6.45, 7) is 7.88. The molecule has 0 aliphatic carbocycles. The molecule has 1 heterocycles. The number of hydrogen-bond donors (Lipinski definition) is 3. The fraction of sp³-hybridized carbons (Fsp3) is 0.600. The maximum atomic E-state index is 12.2. The molecule has 1 aliphatic heterocycles. The van der Waals surface area contributed by atoms with Gasteiger partial charge in [0, 0.05) is 19.0 Å². The van der Waals surface area contributed by atoms with Crippen LogP contribution in [0.25, 0.3) is 0 Å². The summed E-state index contributed by atoms with van der Waals surface area (Å²) in [7, 11) is 0. The molecular weight excluding hydrogens is 536 g/mol. The van der Waals surface area contributed by atoms with Crippen LogP contribution in [0.2, 0.25) is 0 Å². The Labute approximate surface area is 242 Å². The largest absolute Gasteiger partial charge is 0.479 e. The lowest BCUT2D eigenvalue weighted by Crippen LogP contribution is -2.40. The van der Waals surface area contributed by atoms with Crippen LogP contribution in [0.1, 0.15) is 70.6 Å². The van der Waals surface area contributed by atoms with Gasteiger partial charge in [0.05, 0.1) is 18.6 Å². The van der Waals surface area contributed by atoms with Crippen molar-refractivity contribution in [3.8, 4) is 0 Å². The number of alkyl halides is 1. The zero-order chi connectivity index (χ0) is 29.7. The first-order valence-corrected chi connectivity index (χ1v) is 14.5. The summed E-state index contributed by atoms with van der Waals surface area (Å²) in [5, 5.41) is 14.3. The van der Waals surface area contributed by atoms with Gasteiger partial charge in [-0.1, -0.05) is 58.0 Å². The Balaban J connectivity index is 1.67. The minimum absolute atomic E-state index is 0.0298. The highest BCUT2D eigenvalue weighted by Gasteiger charge is 2.33. The molecule has 0 saturated carbocycles. The van der Waals surface area contributed by atoms with Gasteiger partial charge in [-0.3, -0.25) is 14.4 Å². The number of ether oxygens (including phenoxy) is 2. The quantitative estimate of drug-likeness (QED) is 0.151. The Bertz CT molecular complexity index is 1010. The van der Waals surface area contributed by atoms with Crippen LogP contribution in [0, 0.1) is 23.7 Å². The molecule has 40 heavy (non-hydrogen) atoms. The van der Waals surface area contributed by atoms with Gasteiger partial charge >= 0.3 is 11.9 Å². The molecule has 1 aromatic rings. The molecule has 5 atom stereocenters. The monoisotopic (exact) mass is 578 g/mol. The van der Waals surface area contributed by atoms with Crippen LogP contribution in [0.3, 0.4) is 0 Å². The van der Waals surface area contributed by atoms with Gasteiger partial charge in [-0.2, -0.15) is 0 Å². The van der Waals surface area contributed by atoms with Gasteiger partial charge in [0.25, 0.3) is 0 Å². The van der Waals surface area contributed by atoms with E-state index in [-0.39, 0.29) is 37.4 Å². The number of halogens is 1. The first kappa shape index (κ1) is 33.3. The number of allylic oxidation sites excluding steroid dienone is 1. The van der Waals surface area contributed by atoms with E-state index < -0.39 is 29.9 Å². The van der Waals surface area contributed by atoms with E-state index in [1.54, 1.807) is 6.08 Å². The predicted molar refractivity (Wildman–Crippen MR) is 152 cm³/mol. The van der Waals surface area contributed by atoms with Crippen molar-refractivity contribution < 1.29 is 33.8 Å². The van der Waals surface area contributed by atoms with E-state index in [4.69, 9.17) is 21.1 Å². The summed E-state index contributed by atoms with van der Waals surface area (Å²) in [4.78, 5) is 47.7. The highest BCUT2D eigenvalue weighted by atomic mass is 35.5. The van der Waals surface area contributed by atoms with Crippen molar-refractivity contribution >= 4 is 35.4 Å². The van der Waals surface area contributed by atoms with Crippen molar-refractivity contribution in [1.82, 2.24) is 10.6 Å². The summed E-state index contributed by atoms with van der Waals surface area (Å²) >= 11 is 5.90. The van der Waals surface area contributed by atoms with Crippen LogP contribution in [0.15, 0.2) is 36.4 Å². The maximum Gasteiger partial charge on any atom is 0.345 e. The highest BCUT2D eigenvalue weighted by Crippen LogP contribution is 2.40. The average molecular weight is 579 g/mol. The lowest BCUT2D eigenvalue weighted by atomic mass is 9.82. The van der Waals surface area contributed by atoms with E-state index in [1.165, 1.54) is 18.6 Å². The zero-order valence-corrected chi connectivity index (χ0v) is 24.6. The summed E-state index contributed by atoms with van der Waals surface area (Å²) in [6, 6.07) is 8.24. The number of carboxylic acids is 1. The fourth-order valence-electron chi connectivity index (χ4n) is 4.62. The molecule has 2 amide bonds. The van der Waals surface area contributed by atoms with Crippen LogP contribution in [0.5, 0.6) is 0 Å². The molecule has 2 rings (SSSR count). The Morgan fingerprint density at radius 3 is 2.45 bits per heavy atom. The second-order valence-electron chi connectivity index (χ2n) is 10.9. The van der Waals surface area contributed by atoms with Gasteiger partial charge < -0.3 is 25.2 Å². The van der Waals surface area contributed by atoms with E-state index in [0.717, 1.165) is 31.4 Å². The Kier molecular flexibility index (Phi) is 14.2. The molecule has 0 aromatic heterocycles. The fourth-order valence-corrected chi connectivity index (χ4v) is 4.79. The van der Waals surface area contributed by atoms with Gasteiger partial charge in [0.15, 0.2) is 6.10 Å². The van der Waals surface area contributed by atoms with E-state index in [0.29, 0.717) is 17.7 Å². The number of esters is 1. The number of carbonyl (C=O) groups is 4. The molecule has 5 unspecified atom stereocenters. The Morgan fingerprint density at radius 2 is 1.82 bits per heavy atom. The van der Waals surface area contributed by atoms with Gasteiger partial charge in [0.1, 0.15) is 0 Å². The van der Waals surface area contributed by atoms with Crippen molar-refractivity contribution in [3.63, 3.8) is 0 Å². The van der Waals surface area contributed by atoms with Crippen LogP contribution in [-0.2, 0) is 34.5 Å². The lowest BCUT2D eigenvalue weighted by molar-refractivity contribution is -0.167. The summed E-state index contributed by atoms with van der Waals surface area (Å²) in [5.41, 5.74) is 2.25. The first-order valence-electron chi connectivity index (χ1n) is 13.9. The lowest BCUT2D eigenvalue weighted by Gasteiger charge is -2.25. The molecule has 0 spiro atoms. The Morgan fingerprint density at radius 1 is 1.12 bits per heavy atom. The normalized spacial score (nSPS) is 19.2. The third-order valence-corrected chi connectivity index (χ3v) is 7.35. The SMILES string of the molecule is CC(C)CC(OC(=O)C(C)CNC(=O)CNC(=O)C=CCCC(C)C1CCOC1c1ccc(CCl)cc1)C(=O)O. The first-order chi connectivity index (χ1) is 19.0. The highest BCUT2D eigenvalue weighted by molar-refractivity contribution is 6.17. The van der Waals surface area contributed by atoms with Crippen molar-refractivity contribution in [2.45, 2.75) is 71.5 Å². The number of aliphatic carboxylic acids is 1. The second-order valence-corrected chi connectivity index (χ2v) is 11.2. The van der Waals surface area contributed by atoms with Crippen LogP contribution in [-0.4, -0.2) is 54.7 Å². The van der Waals surface area contributed by atoms with Gasteiger partial charge in [-0.05, 0) is 60.6 Å². The number of rotatable bonds is 16. The molecule has 1 saturated heterocycles. The van der Waals surface area contributed by atoms with Crippen molar-refractivity contribution in [3.05, 3.63) is 47.5 Å². The predicted octanol–water partition coefficient (Wildman–Crippen LogP) is 4.39. The van der Waals surface area contributed by atoms with Crippen LogP contribution in [0.4, 0.5) is 0 Å². The van der Waals surface area contributed by atoms with E-state index in [1.807, 2.05) is 26.0 Å². The number of nitrogens with one attached hydrogen (secondary N) is 2. The molecule has 222 valence electrons. The molecule has 0 radical (unpaired) electrons. The van der Waals surface area contributed by atoms with Crippen molar-refractivity contribution in [1.29, 1.82) is 0 Å². The second kappa shape index (κ2) is 17.0. The topological polar surface area (TPSA) is 131 Å². The van der Waals surface area contributed by atoms with Gasteiger partial charge in [0.2, 0.25) is 11.8 Å². The van der Waals surface area contributed by atoms with Gasteiger partial charge in [-0.25, -0.2) is 4.79 Å². The molecule has 1 aliphatic rings. The third kappa shape index (κ3) is 11.3. The minimum Gasteiger partial charge on any atom is -0.479 e. The molecule has 1 aromatic carbocycles.